The topological polar surface area (TPSA) is 49.8 Å². The number of likely N-dealkylation sites (N-methyl/N-ethyl adjacent to an activating group) is 1. The predicted molar refractivity (Wildman–Crippen MR) is 70.5 cm³/mol. The van der Waals surface area contributed by atoms with Crippen molar-refractivity contribution in [1.82, 2.24) is 0 Å². The van der Waals surface area contributed by atoms with Gasteiger partial charge < -0.3 is 14.7 Å². The van der Waals surface area contributed by atoms with Crippen molar-refractivity contribution in [2.45, 2.75) is 32.2 Å². The Morgan fingerprint density at radius 1 is 1.44 bits per heavy atom. The number of carboxylic acid groups (broad SMARTS) is 1. The molecule has 1 aromatic carbocycles. The van der Waals surface area contributed by atoms with Crippen LogP contribution >= 0.6 is 0 Å². The number of hydrogen-bond donors (Lipinski definition) is 1. The fourth-order valence-corrected chi connectivity index (χ4v) is 2.07. The molecule has 0 spiro atoms. The lowest BCUT2D eigenvalue weighted by atomic mass is 9.86. The first-order valence-corrected chi connectivity index (χ1v) is 6.03. The summed E-state index contributed by atoms with van der Waals surface area (Å²) in [5.74, 6) is -0.104. The Labute approximate surface area is 107 Å². The number of rotatable bonds is 1. The summed E-state index contributed by atoms with van der Waals surface area (Å²) in [7, 11) is 1.80. The monoisotopic (exact) mass is 249 g/mol. The van der Waals surface area contributed by atoms with Crippen LogP contribution in [0.25, 0.3) is 0 Å². The van der Waals surface area contributed by atoms with Gasteiger partial charge in [0.05, 0.1) is 5.69 Å². The minimum absolute atomic E-state index is 0.0338. The Kier molecular flexibility index (Phi) is 2.97. The minimum atomic E-state index is -0.857. The van der Waals surface area contributed by atoms with E-state index in [0.29, 0.717) is 0 Å². The van der Waals surface area contributed by atoms with E-state index >= 15 is 0 Å². The molecule has 1 aliphatic rings. The van der Waals surface area contributed by atoms with Crippen molar-refractivity contribution in [1.29, 1.82) is 0 Å². The van der Waals surface area contributed by atoms with Crippen molar-refractivity contribution in [2.24, 2.45) is 0 Å². The van der Waals surface area contributed by atoms with Crippen LogP contribution in [0, 0.1) is 0 Å². The molecule has 2 rings (SSSR count). The van der Waals surface area contributed by atoms with Crippen molar-refractivity contribution >= 4 is 11.7 Å². The Morgan fingerprint density at radius 2 is 2.11 bits per heavy atom. The molecule has 0 saturated heterocycles. The van der Waals surface area contributed by atoms with Crippen LogP contribution in [0.3, 0.4) is 0 Å². The number of ether oxygens (including phenoxy) is 1. The maximum absolute atomic E-state index is 11.1. The van der Waals surface area contributed by atoms with E-state index in [-0.39, 0.29) is 12.0 Å². The van der Waals surface area contributed by atoms with Crippen molar-refractivity contribution in [3.8, 4) is 5.75 Å². The summed E-state index contributed by atoms with van der Waals surface area (Å²) < 4.78 is 5.51. The standard InChI is InChI=1S/C14H19NO3/c1-14(2,3)9-5-6-12-10(7-9)15(4)11(8-18-12)13(16)17/h5-7,11H,8H2,1-4H3,(H,16,17). The van der Waals surface area contributed by atoms with Gasteiger partial charge in [0.2, 0.25) is 0 Å². The molecule has 0 aromatic heterocycles. The number of hydrogen-bond acceptors (Lipinski definition) is 3. The van der Waals surface area contributed by atoms with Crippen LogP contribution in [0.1, 0.15) is 26.3 Å². The fraction of sp³-hybridized carbons (Fsp3) is 0.500. The van der Waals surface area contributed by atoms with Crippen LogP contribution in [0.2, 0.25) is 0 Å². The molecule has 4 nitrogen and oxygen atoms in total. The average Bonchev–Trinajstić information content (AvgIpc) is 2.27. The van der Waals surface area contributed by atoms with Crippen LogP contribution in [0.4, 0.5) is 5.69 Å². The summed E-state index contributed by atoms with van der Waals surface area (Å²) in [5, 5.41) is 9.14. The number of aliphatic carboxylic acids is 1. The van der Waals surface area contributed by atoms with Crippen LogP contribution < -0.4 is 9.64 Å². The smallest absolute Gasteiger partial charge is 0.329 e. The van der Waals surface area contributed by atoms with E-state index in [1.165, 1.54) is 5.56 Å². The van der Waals surface area contributed by atoms with Gasteiger partial charge in [0.25, 0.3) is 0 Å². The van der Waals surface area contributed by atoms with Gasteiger partial charge in [-0.2, -0.15) is 0 Å². The molecule has 0 saturated carbocycles. The van der Waals surface area contributed by atoms with Crippen LogP contribution in [0.5, 0.6) is 5.75 Å². The van der Waals surface area contributed by atoms with Gasteiger partial charge in [0.15, 0.2) is 6.04 Å². The van der Waals surface area contributed by atoms with Gasteiger partial charge in [-0.15, -0.1) is 0 Å². The first-order valence-electron chi connectivity index (χ1n) is 6.03. The first kappa shape index (κ1) is 12.7. The quantitative estimate of drug-likeness (QED) is 0.829. The lowest BCUT2D eigenvalue weighted by molar-refractivity contribution is -0.139. The fourth-order valence-electron chi connectivity index (χ4n) is 2.07. The van der Waals surface area contributed by atoms with E-state index in [1.54, 1.807) is 11.9 Å². The molecule has 4 heteroatoms. The van der Waals surface area contributed by atoms with E-state index in [4.69, 9.17) is 9.84 Å². The third-order valence-corrected chi connectivity index (χ3v) is 3.35. The molecular formula is C14H19NO3. The maximum Gasteiger partial charge on any atom is 0.329 e. The molecule has 1 heterocycles. The van der Waals surface area contributed by atoms with Gasteiger partial charge in [-0.3, -0.25) is 0 Å². The third kappa shape index (κ3) is 2.15. The molecule has 0 bridgehead atoms. The number of benzene rings is 1. The molecule has 1 unspecified atom stereocenters. The summed E-state index contributed by atoms with van der Waals surface area (Å²) in [5.41, 5.74) is 2.05. The van der Waals surface area contributed by atoms with Gasteiger partial charge in [0, 0.05) is 7.05 Å². The Hall–Kier alpha value is -1.71. The molecule has 1 N–H and O–H groups in total. The van der Waals surface area contributed by atoms with Crippen molar-refractivity contribution < 1.29 is 14.6 Å². The van der Waals surface area contributed by atoms with Crippen molar-refractivity contribution in [2.75, 3.05) is 18.6 Å². The molecular weight excluding hydrogens is 230 g/mol. The van der Waals surface area contributed by atoms with E-state index in [1.807, 2.05) is 18.2 Å². The molecule has 0 fully saturated rings. The molecule has 0 radical (unpaired) electrons. The molecule has 1 atom stereocenters. The van der Waals surface area contributed by atoms with E-state index in [9.17, 15) is 4.79 Å². The van der Waals surface area contributed by atoms with Crippen LogP contribution in [-0.2, 0) is 10.2 Å². The highest BCUT2D eigenvalue weighted by Crippen LogP contribution is 2.36. The van der Waals surface area contributed by atoms with E-state index < -0.39 is 12.0 Å². The van der Waals surface area contributed by atoms with E-state index in [2.05, 4.69) is 20.8 Å². The van der Waals surface area contributed by atoms with Gasteiger partial charge in [-0.1, -0.05) is 26.8 Å². The lowest BCUT2D eigenvalue weighted by Gasteiger charge is -2.34. The zero-order valence-corrected chi connectivity index (χ0v) is 11.2. The van der Waals surface area contributed by atoms with Gasteiger partial charge in [-0.25, -0.2) is 4.79 Å². The zero-order chi connectivity index (χ0) is 13.5. The third-order valence-electron chi connectivity index (χ3n) is 3.35. The zero-order valence-electron chi connectivity index (χ0n) is 11.2. The molecule has 1 aliphatic heterocycles. The Bertz CT molecular complexity index is 476. The second-order valence-corrected chi connectivity index (χ2v) is 5.71. The second-order valence-electron chi connectivity index (χ2n) is 5.71. The number of carbonyl (C=O) groups is 1. The number of anilines is 1. The summed E-state index contributed by atoms with van der Waals surface area (Å²) in [6.07, 6.45) is 0. The van der Waals surface area contributed by atoms with Crippen molar-refractivity contribution in [3.63, 3.8) is 0 Å². The second kappa shape index (κ2) is 4.19. The summed E-state index contributed by atoms with van der Waals surface area (Å²) >= 11 is 0. The summed E-state index contributed by atoms with van der Waals surface area (Å²) in [6, 6.07) is 5.36. The highest BCUT2D eigenvalue weighted by molar-refractivity contribution is 5.80. The van der Waals surface area contributed by atoms with E-state index in [0.717, 1.165) is 11.4 Å². The minimum Gasteiger partial charge on any atom is -0.489 e. The molecule has 18 heavy (non-hydrogen) atoms. The average molecular weight is 249 g/mol. The van der Waals surface area contributed by atoms with Crippen LogP contribution in [-0.4, -0.2) is 30.8 Å². The molecule has 0 amide bonds. The first-order chi connectivity index (χ1) is 8.30. The lowest BCUT2D eigenvalue weighted by Crippen LogP contribution is -2.46. The summed E-state index contributed by atoms with van der Waals surface area (Å²) in [4.78, 5) is 12.9. The number of fused-ring (bicyclic) bond motifs is 1. The Morgan fingerprint density at radius 3 is 2.67 bits per heavy atom. The van der Waals surface area contributed by atoms with Gasteiger partial charge in [-0.05, 0) is 23.1 Å². The highest BCUT2D eigenvalue weighted by Gasteiger charge is 2.31. The maximum atomic E-state index is 11.1. The Balaban J connectivity index is 2.43. The predicted octanol–water partition coefficient (Wildman–Crippen LogP) is 2.27. The van der Waals surface area contributed by atoms with Gasteiger partial charge in [0.1, 0.15) is 12.4 Å². The number of nitrogens with zero attached hydrogens (tertiary/aromatic N) is 1. The van der Waals surface area contributed by atoms with Crippen molar-refractivity contribution in [3.05, 3.63) is 23.8 Å². The molecule has 0 aliphatic carbocycles. The van der Waals surface area contributed by atoms with Gasteiger partial charge >= 0.3 is 5.97 Å². The molecule has 98 valence electrons. The summed E-state index contributed by atoms with van der Waals surface area (Å²) in [6.45, 7) is 6.58. The SMILES string of the molecule is CN1c2cc(C(C)(C)C)ccc2OCC1C(=O)O. The molecule has 1 aromatic rings. The number of carboxylic acids is 1. The normalized spacial score (nSPS) is 19.1. The highest BCUT2D eigenvalue weighted by atomic mass is 16.5. The largest absolute Gasteiger partial charge is 0.489 e. The van der Waals surface area contributed by atoms with Crippen LogP contribution in [0.15, 0.2) is 18.2 Å².